The summed E-state index contributed by atoms with van der Waals surface area (Å²) in [5.41, 5.74) is 2.10. The molecule has 0 amide bonds. The van der Waals surface area contributed by atoms with Gasteiger partial charge in [0.2, 0.25) is 0 Å². The van der Waals surface area contributed by atoms with Crippen LogP contribution in [0.4, 0.5) is 0 Å². The van der Waals surface area contributed by atoms with Crippen LogP contribution >= 0.6 is 0 Å². The molecule has 4 nitrogen and oxygen atoms in total. The SMILES string of the molecule is CCc1cc(CC(O)C(C)OC)n(C)n1. The van der Waals surface area contributed by atoms with Crippen LogP contribution in [0.25, 0.3) is 0 Å². The third kappa shape index (κ3) is 3.04. The lowest BCUT2D eigenvalue weighted by Crippen LogP contribution is -2.27. The fraction of sp³-hybridized carbons (Fsp3) is 0.727. The third-order valence-electron chi connectivity index (χ3n) is 2.72. The Hall–Kier alpha value is -0.870. The molecule has 4 heteroatoms. The van der Waals surface area contributed by atoms with Gasteiger partial charge in [-0.1, -0.05) is 6.92 Å². The van der Waals surface area contributed by atoms with Crippen molar-refractivity contribution in [2.75, 3.05) is 7.11 Å². The average molecular weight is 212 g/mol. The second-order valence-electron chi connectivity index (χ2n) is 3.82. The normalized spacial score (nSPS) is 15.3. The van der Waals surface area contributed by atoms with E-state index in [1.165, 1.54) is 0 Å². The number of aliphatic hydroxyl groups is 1. The van der Waals surface area contributed by atoms with Gasteiger partial charge in [-0.25, -0.2) is 0 Å². The van der Waals surface area contributed by atoms with E-state index in [1.807, 2.05) is 24.7 Å². The van der Waals surface area contributed by atoms with Crippen LogP contribution in [0.3, 0.4) is 0 Å². The highest BCUT2D eigenvalue weighted by molar-refractivity contribution is 5.11. The van der Waals surface area contributed by atoms with E-state index in [1.54, 1.807) is 7.11 Å². The molecule has 1 N–H and O–H groups in total. The fourth-order valence-electron chi connectivity index (χ4n) is 1.47. The van der Waals surface area contributed by atoms with Crippen LogP contribution in [0, 0.1) is 0 Å². The highest BCUT2D eigenvalue weighted by Gasteiger charge is 2.16. The van der Waals surface area contributed by atoms with E-state index in [4.69, 9.17) is 4.74 Å². The van der Waals surface area contributed by atoms with Crippen molar-refractivity contribution in [3.8, 4) is 0 Å². The van der Waals surface area contributed by atoms with Crippen LogP contribution in [-0.4, -0.2) is 34.2 Å². The van der Waals surface area contributed by atoms with Gasteiger partial charge in [0.1, 0.15) is 0 Å². The lowest BCUT2D eigenvalue weighted by Gasteiger charge is -2.16. The minimum Gasteiger partial charge on any atom is -0.390 e. The quantitative estimate of drug-likeness (QED) is 0.789. The number of rotatable bonds is 5. The number of aromatic nitrogens is 2. The number of aryl methyl sites for hydroxylation is 2. The minimum atomic E-state index is -0.477. The molecule has 0 saturated carbocycles. The molecule has 0 spiro atoms. The van der Waals surface area contributed by atoms with E-state index >= 15 is 0 Å². The predicted molar refractivity (Wildman–Crippen MR) is 58.8 cm³/mol. The van der Waals surface area contributed by atoms with Crippen LogP contribution in [0.15, 0.2) is 6.07 Å². The van der Waals surface area contributed by atoms with Crippen molar-refractivity contribution in [1.82, 2.24) is 9.78 Å². The van der Waals surface area contributed by atoms with Crippen molar-refractivity contribution in [3.05, 3.63) is 17.5 Å². The van der Waals surface area contributed by atoms with Gasteiger partial charge in [0.05, 0.1) is 17.9 Å². The standard InChI is InChI=1S/C11H20N2O2/c1-5-9-6-10(13(3)12-9)7-11(14)8(2)15-4/h6,8,11,14H,5,7H2,1-4H3. The Bertz CT molecular complexity index is 310. The second kappa shape index (κ2) is 5.28. The van der Waals surface area contributed by atoms with E-state index in [9.17, 15) is 5.11 Å². The van der Waals surface area contributed by atoms with Gasteiger partial charge < -0.3 is 9.84 Å². The summed E-state index contributed by atoms with van der Waals surface area (Å²) in [5.74, 6) is 0. The molecule has 1 rings (SSSR count). The molecule has 0 aliphatic heterocycles. The van der Waals surface area contributed by atoms with Crippen molar-refractivity contribution < 1.29 is 9.84 Å². The Labute approximate surface area is 90.9 Å². The molecule has 0 fully saturated rings. The Kier molecular flexibility index (Phi) is 4.29. The fourth-order valence-corrected chi connectivity index (χ4v) is 1.47. The maximum Gasteiger partial charge on any atom is 0.0854 e. The summed E-state index contributed by atoms with van der Waals surface area (Å²) in [4.78, 5) is 0. The second-order valence-corrected chi connectivity index (χ2v) is 3.82. The van der Waals surface area contributed by atoms with Gasteiger partial charge in [-0.15, -0.1) is 0 Å². The Balaban J connectivity index is 2.67. The number of methoxy groups -OCH3 is 1. The zero-order valence-corrected chi connectivity index (χ0v) is 9.90. The molecule has 0 bridgehead atoms. The molecule has 15 heavy (non-hydrogen) atoms. The largest absolute Gasteiger partial charge is 0.390 e. The minimum absolute atomic E-state index is 0.148. The summed E-state index contributed by atoms with van der Waals surface area (Å²) < 4.78 is 6.90. The molecule has 0 aromatic carbocycles. The first-order valence-electron chi connectivity index (χ1n) is 5.31. The van der Waals surface area contributed by atoms with Crippen LogP contribution in [-0.2, 0) is 24.6 Å². The van der Waals surface area contributed by atoms with Crippen molar-refractivity contribution in [1.29, 1.82) is 0 Å². The summed E-state index contributed by atoms with van der Waals surface area (Å²) >= 11 is 0. The number of hydrogen-bond donors (Lipinski definition) is 1. The molecule has 2 unspecified atom stereocenters. The smallest absolute Gasteiger partial charge is 0.0854 e. The van der Waals surface area contributed by atoms with E-state index in [0.29, 0.717) is 6.42 Å². The van der Waals surface area contributed by atoms with E-state index in [0.717, 1.165) is 17.8 Å². The van der Waals surface area contributed by atoms with Gasteiger partial charge in [0, 0.05) is 26.3 Å². The molecular weight excluding hydrogens is 192 g/mol. The molecule has 86 valence electrons. The molecule has 0 aliphatic rings. The van der Waals surface area contributed by atoms with Gasteiger partial charge >= 0.3 is 0 Å². The molecule has 1 heterocycles. The monoisotopic (exact) mass is 212 g/mol. The lowest BCUT2D eigenvalue weighted by molar-refractivity contribution is -0.000433. The summed E-state index contributed by atoms with van der Waals surface area (Å²) in [6, 6.07) is 2.03. The number of ether oxygens (including phenoxy) is 1. The summed E-state index contributed by atoms with van der Waals surface area (Å²) in [6.45, 7) is 3.93. The van der Waals surface area contributed by atoms with Gasteiger partial charge in [-0.05, 0) is 19.4 Å². The van der Waals surface area contributed by atoms with Crippen LogP contribution in [0.5, 0.6) is 0 Å². The van der Waals surface area contributed by atoms with Crippen molar-refractivity contribution in [2.45, 2.75) is 38.9 Å². The molecule has 2 atom stereocenters. The first kappa shape index (κ1) is 12.2. The molecule has 0 saturated heterocycles. The highest BCUT2D eigenvalue weighted by atomic mass is 16.5. The highest BCUT2D eigenvalue weighted by Crippen LogP contribution is 2.09. The number of aliphatic hydroxyl groups excluding tert-OH is 1. The Morgan fingerprint density at radius 3 is 2.73 bits per heavy atom. The van der Waals surface area contributed by atoms with Gasteiger partial charge in [-0.3, -0.25) is 4.68 Å². The van der Waals surface area contributed by atoms with Crippen molar-refractivity contribution >= 4 is 0 Å². The van der Waals surface area contributed by atoms with Gasteiger partial charge in [-0.2, -0.15) is 5.10 Å². The maximum atomic E-state index is 9.81. The van der Waals surface area contributed by atoms with Gasteiger partial charge in [0.15, 0.2) is 0 Å². The lowest BCUT2D eigenvalue weighted by atomic mass is 10.1. The van der Waals surface area contributed by atoms with E-state index in [-0.39, 0.29) is 6.10 Å². The Morgan fingerprint density at radius 1 is 1.60 bits per heavy atom. The van der Waals surface area contributed by atoms with E-state index < -0.39 is 6.10 Å². The van der Waals surface area contributed by atoms with Crippen molar-refractivity contribution in [2.24, 2.45) is 7.05 Å². The average Bonchev–Trinajstić information content (AvgIpc) is 2.58. The van der Waals surface area contributed by atoms with Crippen LogP contribution in [0.2, 0.25) is 0 Å². The van der Waals surface area contributed by atoms with Crippen LogP contribution in [0.1, 0.15) is 25.2 Å². The Morgan fingerprint density at radius 2 is 2.27 bits per heavy atom. The predicted octanol–water partition coefficient (Wildman–Crippen LogP) is 0.921. The van der Waals surface area contributed by atoms with Gasteiger partial charge in [0.25, 0.3) is 0 Å². The summed E-state index contributed by atoms with van der Waals surface area (Å²) in [5, 5.41) is 14.1. The molecule has 0 radical (unpaired) electrons. The zero-order valence-electron chi connectivity index (χ0n) is 9.90. The van der Waals surface area contributed by atoms with Crippen molar-refractivity contribution in [3.63, 3.8) is 0 Å². The first-order valence-corrected chi connectivity index (χ1v) is 5.31. The molecule has 1 aromatic rings. The van der Waals surface area contributed by atoms with Crippen LogP contribution < -0.4 is 0 Å². The zero-order chi connectivity index (χ0) is 11.4. The summed E-state index contributed by atoms with van der Waals surface area (Å²) in [7, 11) is 3.51. The number of nitrogens with zero attached hydrogens (tertiary/aromatic N) is 2. The third-order valence-corrected chi connectivity index (χ3v) is 2.72. The maximum absolute atomic E-state index is 9.81. The molecule has 0 aliphatic carbocycles. The molecule has 1 aromatic heterocycles. The number of hydrogen-bond acceptors (Lipinski definition) is 3. The van der Waals surface area contributed by atoms with E-state index in [2.05, 4.69) is 12.0 Å². The molecular formula is C11H20N2O2. The summed E-state index contributed by atoms with van der Waals surface area (Å²) in [6.07, 6.45) is 0.877. The first-order chi connectivity index (χ1) is 7.08. The topological polar surface area (TPSA) is 47.3 Å².